The van der Waals surface area contributed by atoms with Gasteiger partial charge in [0.1, 0.15) is 0 Å². The molecule has 1 aromatic rings. The Morgan fingerprint density at radius 3 is 2.81 bits per heavy atom. The molecule has 4 heteroatoms. The first-order chi connectivity index (χ1) is 7.78. The number of aromatic nitrogens is 2. The minimum absolute atomic E-state index is 0.434. The van der Waals surface area contributed by atoms with Crippen LogP contribution in [-0.4, -0.2) is 16.6 Å². The van der Waals surface area contributed by atoms with Crippen molar-refractivity contribution in [3.63, 3.8) is 0 Å². The van der Waals surface area contributed by atoms with Crippen molar-refractivity contribution in [1.82, 2.24) is 9.97 Å². The molecule has 0 atom stereocenters. The Morgan fingerprint density at radius 2 is 2.12 bits per heavy atom. The molecule has 0 unspecified atom stereocenters. The molecular weight excluding hydrogens is 202 g/mol. The minimum Gasteiger partial charge on any atom is -0.463 e. The van der Waals surface area contributed by atoms with Gasteiger partial charge >= 0.3 is 6.01 Å². The molecule has 1 heterocycles. The average Bonchev–Trinajstić information content (AvgIpc) is 2.78. The largest absolute Gasteiger partial charge is 0.463 e. The van der Waals surface area contributed by atoms with Gasteiger partial charge in [-0.05, 0) is 31.7 Å². The van der Waals surface area contributed by atoms with Crippen LogP contribution in [0.15, 0.2) is 6.07 Å². The lowest BCUT2D eigenvalue weighted by Crippen LogP contribution is -2.11. The third-order valence-corrected chi connectivity index (χ3v) is 3.02. The highest BCUT2D eigenvalue weighted by Gasteiger charge is 2.16. The Balaban J connectivity index is 1.94. The summed E-state index contributed by atoms with van der Waals surface area (Å²) in [5, 5.41) is 0. The van der Waals surface area contributed by atoms with Crippen molar-refractivity contribution in [1.29, 1.82) is 0 Å². The Hall–Kier alpha value is -1.16. The van der Waals surface area contributed by atoms with Crippen molar-refractivity contribution < 1.29 is 4.74 Å². The highest BCUT2D eigenvalue weighted by atomic mass is 16.5. The van der Waals surface area contributed by atoms with Crippen LogP contribution >= 0.6 is 0 Å². The molecule has 0 amide bonds. The van der Waals surface area contributed by atoms with Gasteiger partial charge in [0.25, 0.3) is 0 Å². The van der Waals surface area contributed by atoms with Gasteiger partial charge in [0.05, 0.1) is 12.3 Å². The Kier molecular flexibility index (Phi) is 3.72. The topological polar surface area (TPSA) is 61.0 Å². The number of hydrogen-bond donors (Lipinski definition) is 1. The number of nitrogens with zero attached hydrogens (tertiary/aromatic N) is 2. The summed E-state index contributed by atoms with van der Waals surface area (Å²) >= 11 is 0. The number of aryl methyl sites for hydroxylation is 1. The van der Waals surface area contributed by atoms with Crippen LogP contribution in [0.1, 0.15) is 37.1 Å². The molecule has 1 aromatic heterocycles. The van der Waals surface area contributed by atoms with Gasteiger partial charge in [0.15, 0.2) is 0 Å². The average molecular weight is 221 g/mol. The highest BCUT2D eigenvalue weighted by molar-refractivity contribution is 5.12. The molecule has 0 bridgehead atoms. The lowest BCUT2D eigenvalue weighted by molar-refractivity contribution is 0.233. The number of nitrogens with two attached hydrogens (primary N) is 1. The van der Waals surface area contributed by atoms with Crippen molar-refractivity contribution >= 4 is 0 Å². The van der Waals surface area contributed by atoms with E-state index < -0.39 is 0 Å². The zero-order valence-electron chi connectivity index (χ0n) is 9.78. The predicted octanol–water partition coefficient (Wildman–Crippen LogP) is 1.81. The van der Waals surface area contributed by atoms with Crippen LogP contribution in [0.4, 0.5) is 0 Å². The molecule has 1 aliphatic rings. The van der Waals surface area contributed by atoms with Crippen molar-refractivity contribution in [3.05, 3.63) is 17.5 Å². The fourth-order valence-corrected chi connectivity index (χ4v) is 2.14. The lowest BCUT2D eigenvalue weighted by atomic mass is 10.1. The summed E-state index contributed by atoms with van der Waals surface area (Å²) in [7, 11) is 0. The molecule has 0 aromatic carbocycles. The monoisotopic (exact) mass is 221 g/mol. The van der Waals surface area contributed by atoms with Crippen molar-refractivity contribution in [2.45, 2.75) is 39.2 Å². The molecule has 0 spiro atoms. The van der Waals surface area contributed by atoms with E-state index in [2.05, 4.69) is 9.97 Å². The molecule has 4 nitrogen and oxygen atoms in total. The first-order valence-electron chi connectivity index (χ1n) is 5.95. The molecule has 1 fully saturated rings. The van der Waals surface area contributed by atoms with Crippen LogP contribution < -0.4 is 10.5 Å². The molecule has 0 aliphatic heterocycles. The van der Waals surface area contributed by atoms with Gasteiger partial charge in [0.2, 0.25) is 0 Å². The molecule has 16 heavy (non-hydrogen) atoms. The van der Waals surface area contributed by atoms with Crippen LogP contribution in [0.3, 0.4) is 0 Å². The smallest absolute Gasteiger partial charge is 0.316 e. The quantitative estimate of drug-likeness (QED) is 0.842. The van der Waals surface area contributed by atoms with Crippen LogP contribution in [0.5, 0.6) is 6.01 Å². The Bertz CT molecular complexity index is 348. The SMILES string of the molecule is Cc1cc(CN)nc(OCC2CCCC2)n1. The normalized spacial score (nSPS) is 16.6. The second-order valence-electron chi connectivity index (χ2n) is 4.45. The van der Waals surface area contributed by atoms with Crippen molar-refractivity contribution in [2.24, 2.45) is 11.7 Å². The van der Waals surface area contributed by atoms with E-state index in [1.165, 1.54) is 25.7 Å². The Morgan fingerprint density at radius 1 is 1.38 bits per heavy atom. The maximum atomic E-state index is 5.64. The first kappa shape index (κ1) is 11.3. The van der Waals surface area contributed by atoms with E-state index in [0.717, 1.165) is 18.0 Å². The van der Waals surface area contributed by atoms with Crippen molar-refractivity contribution in [3.8, 4) is 6.01 Å². The van der Waals surface area contributed by atoms with E-state index in [-0.39, 0.29) is 0 Å². The summed E-state index contributed by atoms with van der Waals surface area (Å²) in [5.74, 6) is 0.686. The van der Waals surface area contributed by atoms with E-state index in [1.807, 2.05) is 13.0 Å². The van der Waals surface area contributed by atoms with Crippen LogP contribution in [0.25, 0.3) is 0 Å². The van der Waals surface area contributed by atoms with Crippen LogP contribution in [0, 0.1) is 12.8 Å². The predicted molar refractivity (Wildman–Crippen MR) is 62.1 cm³/mol. The summed E-state index contributed by atoms with van der Waals surface area (Å²) in [5.41, 5.74) is 7.32. The second kappa shape index (κ2) is 5.25. The van der Waals surface area contributed by atoms with E-state index in [0.29, 0.717) is 18.5 Å². The van der Waals surface area contributed by atoms with Gasteiger partial charge in [-0.2, -0.15) is 4.98 Å². The maximum absolute atomic E-state index is 5.64. The van der Waals surface area contributed by atoms with Crippen molar-refractivity contribution in [2.75, 3.05) is 6.61 Å². The molecule has 1 saturated carbocycles. The van der Waals surface area contributed by atoms with Gasteiger partial charge in [-0.3, -0.25) is 0 Å². The molecular formula is C12H19N3O. The zero-order chi connectivity index (χ0) is 11.4. The van der Waals surface area contributed by atoms with E-state index >= 15 is 0 Å². The van der Waals surface area contributed by atoms with Gasteiger partial charge in [0, 0.05) is 12.2 Å². The highest BCUT2D eigenvalue weighted by Crippen LogP contribution is 2.24. The van der Waals surface area contributed by atoms with Gasteiger partial charge in [-0.15, -0.1) is 0 Å². The van der Waals surface area contributed by atoms with E-state index in [1.54, 1.807) is 0 Å². The molecule has 1 aliphatic carbocycles. The van der Waals surface area contributed by atoms with Crippen LogP contribution in [-0.2, 0) is 6.54 Å². The Labute approximate surface area is 96.2 Å². The minimum atomic E-state index is 0.434. The number of ether oxygens (including phenoxy) is 1. The van der Waals surface area contributed by atoms with Gasteiger partial charge < -0.3 is 10.5 Å². The summed E-state index contributed by atoms with van der Waals surface area (Å²) < 4.78 is 5.64. The van der Waals surface area contributed by atoms with Gasteiger partial charge in [-0.25, -0.2) is 4.98 Å². The second-order valence-corrected chi connectivity index (χ2v) is 4.45. The molecule has 2 rings (SSSR count). The first-order valence-corrected chi connectivity index (χ1v) is 5.95. The molecule has 0 radical (unpaired) electrons. The fourth-order valence-electron chi connectivity index (χ4n) is 2.14. The maximum Gasteiger partial charge on any atom is 0.316 e. The van der Waals surface area contributed by atoms with Gasteiger partial charge in [-0.1, -0.05) is 12.8 Å². The summed E-state index contributed by atoms with van der Waals surface area (Å²) in [6, 6.07) is 2.37. The third-order valence-electron chi connectivity index (χ3n) is 3.02. The third kappa shape index (κ3) is 2.92. The summed E-state index contributed by atoms with van der Waals surface area (Å²) in [6.07, 6.45) is 5.21. The number of rotatable bonds is 4. The van der Waals surface area contributed by atoms with E-state index in [4.69, 9.17) is 10.5 Å². The zero-order valence-corrected chi connectivity index (χ0v) is 9.78. The number of hydrogen-bond acceptors (Lipinski definition) is 4. The molecule has 88 valence electrons. The summed E-state index contributed by atoms with van der Waals surface area (Å²) in [6.45, 7) is 3.11. The molecule has 2 N–H and O–H groups in total. The lowest BCUT2D eigenvalue weighted by Gasteiger charge is -2.10. The summed E-state index contributed by atoms with van der Waals surface area (Å²) in [4.78, 5) is 8.51. The van der Waals surface area contributed by atoms with Crippen LogP contribution in [0.2, 0.25) is 0 Å². The fraction of sp³-hybridized carbons (Fsp3) is 0.667. The molecule has 0 saturated heterocycles. The standard InChI is InChI=1S/C12H19N3O/c1-9-6-11(7-13)15-12(14-9)16-8-10-4-2-3-5-10/h6,10H,2-5,7-8,13H2,1H3. The van der Waals surface area contributed by atoms with E-state index in [9.17, 15) is 0 Å².